The summed E-state index contributed by atoms with van der Waals surface area (Å²) in [5.74, 6) is 1.70. The first-order valence-electron chi connectivity index (χ1n) is 7.91. The third-order valence-corrected chi connectivity index (χ3v) is 4.68. The normalized spacial score (nSPS) is 10.9. The summed E-state index contributed by atoms with van der Waals surface area (Å²) in [4.78, 5) is 4.48. The summed E-state index contributed by atoms with van der Waals surface area (Å²) in [7, 11) is 0. The van der Waals surface area contributed by atoms with Crippen LogP contribution in [0.5, 0.6) is 0 Å². The van der Waals surface area contributed by atoms with Gasteiger partial charge in [-0.25, -0.2) is 4.98 Å². The molecule has 0 aliphatic carbocycles. The molecule has 0 aliphatic rings. The van der Waals surface area contributed by atoms with Gasteiger partial charge in [0.2, 0.25) is 5.16 Å². The Morgan fingerprint density at radius 2 is 1.68 bits per heavy atom. The van der Waals surface area contributed by atoms with E-state index in [2.05, 4.69) is 49.3 Å². The highest BCUT2D eigenvalue weighted by Gasteiger charge is 2.11. The van der Waals surface area contributed by atoms with Gasteiger partial charge in [0.05, 0.1) is 11.4 Å². The standard InChI is InChI=1S/C18H16N6S/c1-3-7-15(8-4-1)13-23-12-11-19-17(23)14-25-18-20-21-22-24(18)16-9-5-2-6-10-16/h1-12H,13-14H2. The Bertz CT molecular complexity index is 932. The second-order valence-electron chi connectivity index (χ2n) is 5.45. The van der Waals surface area contributed by atoms with E-state index < -0.39 is 0 Å². The first kappa shape index (κ1) is 15.6. The van der Waals surface area contributed by atoms with Gasteiger partial charge in [-0.15, -0.1) is 5.10 Å². The van der Waals surface area contributed by atoms with Gasteiger partial charge in [0.1, 0.15) is 5.82 Å². The molecule has 7 heteroatoms. The fraction of sp³-hybridized carbons (Fsp3) is 0.111. The Balaban J connectivity index is 1.49. The van der Waals surface area contributed by atoms with Gasteiger partial charge < -0.3 is 4.57 Å². The van der Waals surface area contributed by atoms with Gasteiger partial charge in [0, 0.05) is 18.9 Å². The van der Waals surface area contributed by atoms with E-state index >= 15 is 0 Å². The van der Waals surface area contributed by atoms with Crippen molar-refractivity contribution in [3.8, 4) is 5.69 Å². The van der Waals surface area contributed by atoms with Gasteiger partial charge >= 0.3 is 0 Å². The minimum absolute atomic E-state index is 0.701. The SMILES string of the molecule is c1ccc(Cn2ccnc2CSc2nnnn2-c2ccccc2)cc1. The third-order valence-electron chi connectivity index (χ3n) is 3.77. The van der Waals surface area contributed by atoms with Crippen LogP contribution in [0.1, 0.15) is 11.4 Å². The number of nitrogens with zero attached hydrogens (tertiary/aromatic N) is 6. The van der Waals surface area contributed by atoms with Gasteiger partial charge in [-0.05, 0) is 28.1 Å². The van der Waals surface area contributed by atoms with E-state index in [1.54, 1.807) is 16.4 Å². The minimum atomic E-state index is 0.701. The highest BCUT2D eigenvalue weighted by atomic mass is 32.2. The minimum Gasteiger partial charge on any atom is -0.330 e. The molecular weight excluding hydrogens is 332 g/mol. The maximum Gasteiger partial charge on any atom is 0.214 e. The summed E-state index contributed by atoms with van der Waals surface area (Å²) in [5, 5.41) is 12.8. The first-order valence-corrected chi connectivity index (χ1v) is 8.89. The zero-order chi connectivity index (χ0) is 16.9. The van der Waals surface area contributed by atoms with Crippen molar-refractivity contribution in [2.45, 2.75) is 17.5 Å². The smallest absolute Gasteiger partial charge is 0.214 e. The van der Waals surface area contributed by atoms with Crippen LogP contribution in [0.2, 0.25) is 0 Å². The van der Waals surface area contributed by atoms with Crippen molar-refractivity contribution in [3.05, 3.63) is 84.4 Å². The number of benzene rings is 2. The van der Waals surface area contributed by atoms with Crippen molar-refractivity contribution in [3.63, 3.8) is 0 Å². The molecule has 4 rings (SSSR count). The average Bonchev–Trinajstić information content (AvgIpc) is 3.31. The number of hydrogen-bond acceptors (Lipinski definition) is 5. The molecule has 0 aliphatic heterocycles. The van der Waals surface area contributed by atoms with Crippen molar-refractivity contribution in [2.24, 2.45) is 0 Å². The number of para-hydroxylation sites is 1. The van der Waals surface area contributed by atoms with E-state index in [1.165, 1.54) is 5.56 Å². The number of aromatic nitrogens is 6. The highest BCUT2D eigenvalue weighted by molar-refractivity contribution is 7.98. The molecule has 0 amide bonds. The van der Waals surface area contributed by atoms with Crippen LogP contribution in [0.3, 0.4) is 0 Å². The van der Waals surface area contributed by atoms with Crippen LogP contribution in [0.15, 0.2) is 78.2 Å². The zero-order valence-corrected chi connectivity index (χ0v) is 14.3. The second kappa shape index (κ2) is 7.31. The Hall–Kier alpha value is -2.93. The number of hydrogen-bond donors (Lipinski definition) is 0. The van der Waals surface area contributed by atoms with Crippen molar-refractivity contribution in [1.82, 2.24) is 29.8 Å². The zero-order valence-electron chi connectivity index (χ0n) is 13.4. The monoisotopic (exact) mass is 348 g/mol. The maximum absolute atomic E-state index is 4.48. The summed E-state index contributed by atoms with van der Waals surface area (Å²) in [6.45, 7) is 0.806. The van der Waals surface area contributed by atoms with Gasteiger partial charge in [0.15, 0.2) is 0 Å². The molecule has 0 saturated carbocycles. The lowest BCUT2D eigenvalue weighted by Crippen LogP contribution is -2.04. The van der Waals surface area contributed by atoms with Crippen LogP contribution in [0.4, 0.5) is 0 Å². The molecule has 0 spiro atoms. The lowest BCUT2D eigenvalue weighted by Gasteiger charge is -2.08. The predicted molar refractivity (Wildman–Crippen MR) is 96.5 cm³/mol. The Morgan fingerprint density at radius 3 is 2.48 bits per heavy atom. The molecule has 2 heterocycles. The molecule has 0 N–H and O–H groups in total. The number of rotatable bonds is 6. The molecule has 0 saturated heterocycles. The Kier molecular flexibility index (Phi) is 4.56. The predicted octanol–water partition coefficient (Wildman–Crippen LogP) is 3.20. The molecule has 4 aromatic rings. The van der Waals surface area contributed by atoms with Crippen LogP contribution in [-0.2, 0) is 12.3 Å². The van der Waals surface area contributed by atoms with Crippen LogP contribution >= 0.6 is 11.8 Å². The van der Waals surface area contributed by atoms with Crippen molar-refractivity contribution >= 4 is 11.8 Å². The maximum atomic E-state index is 4.48. The van der Waals surface area contributed by atoms with Crippen molar-refractivity contribution < 1.29 is 0 Å². The highest BCUT2D eigenvalue weighted by Crippen LogP contribution is 2.22. The van der Waals surface area contributed by atoms with Crippen LogP contribution in [-0.4, -0.2) is 29.8 Å². The van der Waals surface area contributed by atoms with Gasteiger partial charge in [-0.2, -0.15) is 4.68 Å². The number of thioether (sulfide) groups is 1. The van der Waals surface area contributed by atoms with Crippen LogP contribution in [0, 0.1) is 0 Å². The molecule has 0 fully saturated rings. The molecule has 2 aromatic carbocycles. The largest absolute Gasteiger partial charge is 0.330 e. The molecule has 0 radical (unpaired) electrons. The summed E-state index contributed by atoms with van der Waals surface area (Å²) >= 11 is 1.57. The molecule has 25 heavy (non-hydrogen) atoms. The molecule has 0 atom stereocenters. The molecule has 124 valence electrons. The third kappa shape index (κ3) is 3.61. The number of imidazole rings is 1. The van der Waals surface area contributed by atoms with E-state index in [0.717, 1.165) is 23.2 Å². The van der Waals surface area contributed by atoms with E-state index in [-0.39, 0.29) is 0 Å². The fourth-order valence-corrected chi connectivity index (χ4v) is 3.39. The van der Waals surface area contributed by atoms with Crippen LogP contribution in [0.25, 0.3) is 5.69 Å². The Morgan fingerprint density at radius 1 is 0.920 bits per heavy atom. The van der Waals surface area contributed by atoms with E-state index in [9.17, 15) is 0 Å². The van der Waals surface area contributed by atoms with Crippen LogP contribution < -0.4 is 0 Å². The summed E-state index contributed by atoms with van der Waals surface area (Å²) in [6.07, 6.45) is 3.84. The van der Waals surface area contributed by atoms with Gasteiger partial charge in [-0.3, -0.25) is 0 Å². The molecule has 0 bridgehead atoms. The lowest BCUT2D eigenvalue weighted by atomic mass is 10.2. The molecule has 0 unspecified atom stereocenters. The second-order valence-corrected chi connectivity index (χ2v) is 6.40. The van der Waals surface area contributed by atoms with Crippen molar-refractivity contribution in [2.75, 3.05) is 0 Å². The average molecular weight is 348 g/mol. The Labute approximate surface area is 149 Å². The summed E-state index contributed by atoms with van der Waals surface area (Å²) < 4.78 is 3.90. The molecule has 6 nitrogen and oxygen atoms in total. The summed E-state index contributed by atoms with van der Waals surface area (Å²) in [6, 6.07) is 20.2. The van der Waals surface area contributed by atoms with E-state index in [4.69, 9.17) is 0 Å². The number of tetrazole rings is 1. The molecule has 2 aromatic heterocycles. The van der Waals surface area contributed by atoms with E-state index in [1.807, 2.05) is 48.8 Å². The van der Waals surface area contributed by atoms with E-state index in [0.29, 0.717) is 5.75 Å². The van der Waals surface area contributed by atoms with Gasteiger partial charge in [-0.1, -0.05) is 60.3 Å². The summed E-state index contributed by atoms with van der Waals surface area (Å²) in [5.41, 5.74) is 2.20. The quantitative estimate of drug-likeness (QED) is 0.501. The topological polar surface area (TPSA) is 61.4 Å². The molecular formula is C18H16N6S. The lowest BCUT2D eigenvalue weighted by molar-refractivity contribution is 0.747. The van der Waals surface area contributed by atoms with Crippen molar-refractivity contribution in [1.29, 1.82) is 0 Å². The van der Waals surface area contributed by atoms with Gasteiger partial charge in [0.25, 0.3) is 0 Å². The first-order chi connectivity index (χ1) is 12.4. The fourth-order valence-electron chi connectivity index (χ4n) is 2.53.